The Morgan fingerprint density at radius 1 is 1.17 bits per heavy atom. The number of carbonyl (C=O) groups is 1. The zero-order valence-corrected chi connectivity index (χ0v) is 15.5. The Kier molecular flexibility index (Phi) is 6.27. The molecule has 0 atom stereocenters. The van der Waals surface area contributed by atoms with Crippen molar-refractivity contribution in [3.05, 3.63) is 69.7 Å². The van der Waals surface area contributed by atoms with Crippen LogP contribution in [0.2, 0.25) is 5.02 Å². The fourth-order valence-corrected chi connectivity index (χ4v) is 3.13. The zero-order chi connectivity index (χ0) is 16.4. The van der Waals surface area contributed by atoms with Gasteiger partial charge in [-0.3, -0.25) is 4.79 Å². The van der Waals surface area contributed by atoms with Gasteiger partial charge in [0.15, 0.2) is 0 Å². The topological polar surface area (TPSA) is 32.3 Å². The first-order valence-electron chi connectivity index (χ1n) is 7.92. The number of amides is 1. The molecular weight excluding hydrogens is 343 g/mol. The third kappa shape index (κ3) is 4.10. The Morgan fingerprint density at radius 2 is 1.92 bits per heavy atom. The molecule has 0 saturated carbocycles. The normalized spacial score (nSPS) is 12.7. The molecule has 1 amide bonds. The highest BCUT2D eigenvalue weighted by atomic mass is 35.5. The minimum absolute atomic E-state index is 0. The van der Waals surface area contributed by atoms with Crippen molar-refractivity contribution >= 4 is 29.9 Å². The fraction of sp³-hybridized carbons (Fsp3) is 0.316. The molecule has 0 aromatic heterocycles. The molecule has 0 radical (unpaired) electrons. The monoisotopic (exact) mass is 364 g/mol. The van der Waals surface area contributed by atoms with Gasteiger partial charge < -0.3 is 10.2 Å². The lowest BCUT2D eigenvalue weighted by molar-refractivity contribution is 0.0690. The Hall–Kier alpha value is -1.55. The van der Waals surface area contributed by atoms with Gasteiger partial charge >= 0.3 is 0 Å². The standard InChI is InChI=1S/C19H21ClN2O.ClH/c1-13(2)22(12-14-4-3-5-18(20)8-14)19(23)15-6-7-16-10-21-11-17(16)9-15;/h3-9,13,21H,10-12H2,1-2H3;1H. The molecule has 0 spiro atoms. The van der Waals surface area contributed by atoms with Crippen LogP contribution in [0.25, 0.3) is 0 Å². The van der Waals surface area contributed by atoms with Gasteiger partial charge in [0.1, 0.15) is 0 Å². The second-order valence-corrected chi connectivity index (χ2v) is 6.68. The molecule has 1 N–H and O–H groups in total. The van der Waals surface area contributed by atoms with Crippen LogP contribution in [0.1, 0.15) is 40.9 Å². The molecule has 1 heterocycles. The lowest BCUT2D eigenvalue weighted by atomic mass is 10.0. The van der Waals surface area contributed by atoms with Crippen LogP contribution in [0.15, 0.2) is 42.5 Å². The second kappa shape index (κ2) is 8.02. The van der Waals surface area contributed by atoms with Crippen molar-refractivity contribution in [1.82, 2.24) is 10.2 Å². The number of halogens is 2. The molecule has 1 aliphatic rings. The minimum Gasteiger partial charge on any atom is -0.332 e. The highest BCUT2D eigenvalue weighted by Gasteiger charge is 2.21. The van der Waals surface area contributed by atoms with Crippen LogP contribution in [0.3, 0.4) is 0 Å². The Morgan fingerprint density at radius 3 is 2.62 bits per heavy atom. The molecule has 24 heavy (non-hydrogen) atoms. The van der Waals surface area contributed by atoms with E-state index in [4.69, 9.17) is 11.6 Å². The Labute approximate surface area is 154 Å². The maximum atomic E-state index is 12.9. The summed E-state index contributed by atoms with van der Waals surface area (Å²) in [5.41, 5.74) is 4.31. The molecular formula is C19H22Cl2N2O. The molecule has 1 aliphatic heterocycles. The van der Waals surface area contributed by atoms with Gasteiger partial charge in [0.2, 0.25) is 0 Å². The van der Waals surface area contributed by atoms with Gasteiger partial charge in [0, 0.05) is 36.3 Å². The summed E-state index contributed by atoms with van der Waals surface area (Å²) in [5.74, 6) is 0.0645. The molecule has 0 bridgehead atoms. The van der Waals surface area contributed by atoms with Crippen molar-refractivity contribution in [2.75, 3.05) is 0 Å². The number of hydrogen-bond acceptors (Lipinski definition) is 2. The summed E-state index contributed by atoms with van der Waals surface area (Å²) < 4.78 is 0. The van der Waals surface area contributed by atoms with E-state index in [1.165, 1.54) is 11.1 Å². The third-order valence-electron chi connectivity index (χ3n) is 4.21. The molecule has 3 nitrogen and oxygen atoms in total. The minimum atomic E-state index is 0. The van der Waals surface area contributed by atoms with Gasteiger partial charge in [-0.2, -0.15) is 0 Å². The number of hydrogen-bond donors (Lipinski definition) is 1. The third-order valence-corrected chi connectivity index (χ3v) is 4.45. The molecule has 0 fully saturated rings. The summed E-state index contributed by atoms with van der Waals surface area (Å²) >= 11 is 6.06. The summed E-state index contributed by atoms with van der Waals surface area (Å²) in [6.45, 7) is 6.37. The van der Waals surface area contributed by atoms with E-state index in [0.717, 1.165) is 24.2 Å². The predicted molar refractivity (Wildman–Crippen MR) is 101 cm³/mol. The number of fused-ring (bicyclic) bond motifs is 1. The molecule has 2 aromatic carbocycles. The maximum Gasteiger partial charge on any atom is 0.254 e. The average molecular weight is 365 g/mol. The smallest absolute Gasteiger partial charge is 0.254 e. The predicted octanol–water partition coefficient (Wildman–Crippen LogP) is 4.42. The largest absolute Gasteiger partial charge is 0.332 e. The van der Waals surface area contributed by atoms with Crippen LogP contribution < -0.4 is 5.32 Å². The van der Waals surface area contributed by atoms with Gasteiger partial charge in [-0.25, -0.2) is 0 Å². The van der Waals surface area contributed by atoms with Gasteiger partial charge in [-0.1, -0.05) is 29.8 Å². The maximum absolute atomic E-state index is 12.9. The summed E-state index contributed by atoms with van der Waals surface area (Å²) in [7, 11) is 0. The fourth-order valence-electron chi connectivity index (χ4n) is 2.91. The highest BCUT2D eigenvalue weighted by molar-refractivity contribution is 6.30. The SMILES string of the molecule is CC(C)N(Cc1cccc(Cl)c1)C(=O)c1ccc2c(c1)CNC2.Cl. The molecule has 3 rings (SSSR count). The van der Waals surface area contributed by atoms with E-state index in [2.05, 4.69) is 11.4 Å². The number of benzene rings is 2. The summed E-state index contributed by atoms with van der Waals surface area (Å²) in [4.78, 5) is 14.8. The summed E-state index contributed by atoms with van der Waals surface area (Å²) in [6.07, 6.45) is 0. The van der Waals surface area contributed by atoms with Crippen LogP contribution in [-0.4, -0.2) is 16.8 Å². The lowest BCUT2D eigenvalue weighted by Gasteiger charge is -2.27. The van der Waals surface area contributed by atoms with Crippen LogP contribution in [-0.2, 0) is 19.6 Å². The van der Waals surface area contributed by atoms with E-state index in [1.807, 2.05) is 55.1 Å². The van der Waals surface area contributed by atoms with Crippen LogP contribution in [0.5, 0.6) is 0 Å². The molecule has 0 unspecified atom stereocenters. The van der Waals surface area contributed by atoms with Crippen molar-refractivity contribution < 1.29 is 4.79 Å². The molecule has 128 valence electrons. The van der Waals surface area contributed by atoms with Crippen LogP contribution in [0.4, 0.5) is 0 Å². The van der Waals surface area contributed by atoms with Crippen LogP contribution >= 0.6 is 24.0 Å². The van der Waals surface area contributed by atoms with Gasteiger partial charge in [-0.05, 0) is 54.8 Å². The van der Waals surface area contributed by atoms with E-state index in [-0.39, 0.29) is 24.4 Å². The summed E-state index contributed by atoms with van der Waals surface area (Å²) in [5, 5.41) is 4.01. The molecule has 0 saturated heterocycles. The number of nitrogens with one attached hydrogen (secondary N) is 1. The molecule has 0 aliphatic carbocycles. The van der Waals surface area contributed by atoms with Crippen molar-refractivity contribution in [1.29, 1.82) is 0 Å². The Balaban J connectivity index is 0.00000208. The number of carbonyl (C=O) groups excluding carboxylic acids is 1. The molecule has 2 aromatic rings. The Bertz CT molecular complexity index is 731. The van der Waals surface area contributed by atoms with Crippen molar-refractivity contribution in [3.8, 4) is 0 Å². The molecule has 5 heteroatoms. The van der Waals surface area contributed by atoms with Gasteiger partial charge in [0.25, 0.3) is 5.91 Å². The van der Waals surface area contributed by atoms with E-state index in [9.17, 15) is 4.79 Å². The van der Waals surface area contributed by atoms with Crippen molar-refractivity contribution in [2.45, 2.75) is 39.5 Å². The van der Waals surface area contributed by atoms with Crippen molar-refractivity contribution in [3.63, 3.8) is 0 Å². The highest BCUT2D eigenvalue weighted by Crippen LogP contribution is 2.20. The van der Waals surface area contributed by atoms with Crippen LogP contribution in [0, 0.1) is 0 Å². The number of nitrogens with zero attached hydrogens (tertiary/aromatic N) is 1. The average Bonchev–Trinajstić information content (AvgIpc) is 2.99. The first-order chi connectivity index (χ1) is 11.0. The van der Waals surface area contributed by atoms with Gasteiger partial charge in [0.05, 0.1) is 0 Å². The second-order valence-electron chi connectivity index (χ2n) is 6.24. The first kappa shape index (κ1) is 18.8. The van der Waals surface area contributed by atoms with E-state index < -0.39 is 0 Å². The lowest BCUT2D eigenvalue weighted by Crippen LogP contribution is -2.36. The van der Waals surface area contributed by atoms with Gasteiger partial charge in [-0.15, -0.1) is 12.4 Å². The first-order valence-corrected chi connectivity index (χ1v) is 8.30. The zero-order valence-electron chi connectivity index (χ0n) is 13.9. The number of rotatable bonds is 4. The van der Waals surface area contributed by atoms with E-state index >= 15 is 0 Å². The van der Waals surface area contributed by atoms with E-state index in [0.29, 0.717) is 11.6 Å². The van der Waals surface area contributed by atoms with Crippen molar-refractivity contribution in [2.24, 2.45) is 0 Å². The quantitative estimate of drug-likeness (QED) is 0.870. The van der Waals surface area contributed by atoms with E-state index in [1.54, 1.807) is 0 Å². The summed E-state index contributed by atoms with van der Waals surface area (Å²) in [6, 6.07) is 13.8.